The van der Waals surface area contributed by atoms with Crippen LogP contribution in [0.1, 0.15) is 29.8 Å². The van der Waals surface area contributed by atoms with Crippen LogP contribution in [0.4, 0.5) is 5.69 Å². The van der Waals surface area contributed by atoms with Gasteiger partial charge in [0, 0.05) is 24.2 Å². The molecule has 0 saturated heterocycles. The Bertz CT molecular complexity index is 774. The van der Waals surface area contributed by atoms with E-state index in [4.69, 9.17) is 12.2 Å². The maximum atomic E-state index is 12.7. The van der Waals surface area contributed by atoms with Crippen LogP contribution in [0.5, 0.6) is 0 Å². The Morgan fingerprint density at radius 1 is 1.00 bits per heavy atom. The second-order valence-electron chi connectivity index (χ2n) is 5.52. The molecule has 0 atom stereocenters. The molecule has 0 fully saturated rings. The summed E-state index contributed by atoms with van der Waals surface area (Å²) in [5.41, 5.74) is 1.58. The lowest BCUT2D eigenvalue weighted by Crippen LogP contribution is -2.28. The van der Waals surface area contributed by atoms with Gasteiger partial charge in [-0.2, -0.15) is 0 Å². The molecule has 0 unspecified atom stereocenters. The molecule has 0 radical (unpaired) electrons. The fraction of sp³-hybridized carbons (Fsp3) is 0.250. The van der Waals surface area contributed by atoms with E-state index < -0.39 is 0 Å². The number of thiocarbonyl (C=S) groups is 1. The third-order valence-corrected chi connectivity index (χ3v) is 5.35. The number of benzene rings is 2. The van der Waals surface area contributed by atoms with Crippen LogP contribution < -0.4 is 5.32 Å². The van der Waals surface area contributed by atoms with Crippen LogP contribution in [0, 0.1) is 0 Å². The van der Waals surface area contributed by atoms with Gasteiger partial charge in [-0.25, -0.2) is 0 Å². The lowest BCUT2D eigenvalue weighted by atomic mass is 10.0. The monoisotopic (exact) mass is 386 g/mol. The van der Waals surface area contributed by atoms with Crippen molar-refractivity contribution in [2.75, 3.05) is 24.2 Å². The Kier molecular flexibility index (Phi) is 7.81. The zero-order valence-electron chi connectivity index (χ0n) is 14.9. The molecule has 0 aromatic heterocycles. The van der Waals surface area contributed by atoms with Crippen molar-refractivity contribution in [2.24, 2.45) is 0 Å². The Hall–Kier alpha value is -2.18. The Labute approximate surface area is 164 Å². The number of ketones is 1. The molecule has 0 spiro atoms. The molecule has 0 aliphatic heterocycles. The molecule has 1 amide bonds. The van der Waals surface area contributed by atoms with E-state index >= 15 is 0 Å². The SMILES string of the molecule is CCN(CC)C(=S)SCC(=O)Nc1ccccc1C(=O)c1ccccc1. The van der Waals surface area contributed by atoms with Crippen molar-refractivity contribution < 1.29 is 9.59 Å². The van der Waals surface area contributed by atoms with Gasteiger partial charge >= 0.3 is 0 Å². The molecule has 2 aromatic rings. The average molecular weight is 387 g/mol. The first-order chi connectivity index (χ1) is 12.6. The van der Waals surface area contributed by atoms with Crippen LogP contribution >= 0.6 is 24.0 Å². The smallest absolute Gasteiger partial charge is 0.234 e. The highest BCUT2D eigenvalue weighted by Crippen LogP contribution is 2.20. The van der Waals surface area contributed by atoms with Gasteiger partial charge in [-0.3, -0.25) is 9.59 Å². The predicted octanol–water partition coefficient (Wildman–Crippen LogP) is 4.22. The zero-order chi connectivity index (χ0) is 18.9. The van der Waals surface area contributed by atoms with E-state index in [1.54, 1.807) is 36.4 Å². The van der Waals surface area contributed by atoms with Gasteiger partial charge in [-0.1, -0.05) is 66.4 Å². The maximum absolute atomic E-state index is 12.7. The minimum absolute atomic E-state index is 0.118. The van der Waals surface area contributed by atoms with Gasteiger partial charge < -0.3 is 10.2 Å². The highest BCUT2D eigenvalue weighted by atomic mass is 32.2. The average Bonchev–Trinajstić information content (AvgIpc) is 2.68. The third-order valence-electron chi connectivity index (χ3n) is 3.83. The highest BCUT2D eigenvalue weighted by molar-refractivity contribution is 8.23. The van der Waals surface area contributed by atoms with Gasteiger partial charge in [0.25, 0.3) is 0 Å². The van der Waals surface area contributed by atoms with E-state index in [1.807, 2.05) is 36.9 Å². The lowest BCUT2D eigenvalue weighted by Gasteiger charge is -2.20. The van der Waals surface area contributed by atoms with E-state index in [2.05, 4.69) is 5.32 Å². The highest BCUT2D eigenvalue weighted by Gasteiger charge is 2.15. The summed E-state index contributed by atoms with van der Waals surface area (Å²) in [5, 5.41) is 2.83. The van der Waals surface area contributed by atoms with Gasteiger partial charge in [0.2, 0.25) is 5.91 Å². The number of nitrogens with one attached hydrogen (secondary N) is 1. The standard InChI is InChI=1S/C20H22N2O2S2/c1-3-22(4-2)20(25)26-14-18(23)21-17-13-9-8-12-16(17)19(24)15-10-6-5-7-11-15/h5-13H,3-4,14H2,1-2H3,(H,21,23). The number of amides is 1. The Morgan fingerprint density at radius 2 is 1.62 bits per heavy atom. The number of para-hydroxylation sites is 1. The van der Waals surface area contributed by atoms with Crippen LogP contribution in [0.25, 0.3) is 0 Å². The first kappa shape index (κ1) is 20.1. The summed E-state index contributed by atoms with van der Waals surface area (Å²) in [6.45, 7) is 5.69. The van der Waals surface area contributed by atoms with Crippen molar-refractivity contribution in [3.05, 3.63) is 65.7 Å². The first-order valence-electron chi connectivity index (χ1n) is 8.47. The van der Waals surface area contributed by atoms with Gasteiger partial charge in [0.1, 0.15) is 4.32 Å². The molecule has 0 saturated carbocycles. The predicted molar refractivity (Wildman–Crippen MR) is 113 cm³/mol. The molecular formula is C20H22N2O2S2. The minimum Gasteiger partial charge on any atom is -0.358 e. The summed E-state index contributed by atoms with van der Waals surface area (Å²) < 4.78 is 0.707. The molecular weight excluding hydrogens is 364 g/mol. The topological polar surface area (TPSA) is 49.4 Å². The summed E-state index contributed by atoms with van der Waals surface area (Å²) in [5.74, 6) is -0.0888. The normalized spacial score (nSPS) is 10.2. The quantitative estimate of drug-likeness (QED) is 0.570. The van der Waals surface area contributed by atoms with Crippen molar-refractivity contribution in [3.8, 4) is 0 Å². The van der Waals surface area contributed by atoms with Crippen molar-refractivity contribution >= 4 is 45.7 Å². The van der Waals surface area contributed by atoms with Gasteiger partial charge in [0.15, 0.2) is 5.78 Å². The molecule has 0 aliphatic rings. The molecule has 2 aromatic carbocycles. The van der Waals surface area contributed by atoms with Crippen molar-refractivity contribution in [2.45, 2.75) is 13.8 Å². The zero-order valence-corrected chi connectivity index (χ0v) is 16.5. The first-order valence-corrected chi connectivity index (χ1v) is 9.86. The summed E-state index contributed by atoms with van der Waals surface area (Å²) in [7, 11) is 0. The number of rotatable bonds is 7. The van der Waals surface area contributed by atoms with Gasteiger partial charge in [0.05, 0.1) is 11.4 Å². The number of carbonyl (C=O) groups excluding carboxylic acids is 2. The molecule has 4 nitrogen and oxygen atoms in total. The van der Waals surface area contributed by atoms with Crippen molar-refractivity contribution in [3.63, 3.8) is 0 Å². The lowest BCUT2D eigenvalue weighted by molar-refractivity contribution is -0.113. The fourth-order valence-electron chi connectivity index (χ4n) is 2.42. The maximum Gasteiger partial charge on any atom is 0.234 e. The molecule has 6 heteroatoms. The second kappa shape index (κ2) is 10.1. The summed E-state index contributed by atoms with van der Waals surface area (Å²) in [6, 6.07) is 16.1. The number of hydrogen-bond acceptors (Lipinski definition) is 4. The largest absolute Gasteiger partial charge is 0.358 e. The molecule has 136 valence electrons. The van der Waals surface area contributed by atoms with Crippen LogP contribution in [0.15, 0.2) is 54.6 Å². The number of anilines is 1. The van der Waals surface area contributed by atoms with E-state index in [9.17, 15) is 9.59 Å². The number of thioether (sulfide) groups is 1. The molecule has 0 heterocycles. The number of carbonyl (C=O) groups is 2. The summed E-state index contributed by atoms with van der Waals surface area (Å²) in [4.78, 5) is 27.0. The second-order valence-corrected chi connectivity index (χ2v) is 7.12. The minimum atomic E-state index is -0.183. The fourth-order valence-corrected chi connectivity index (χ4v) is 3.62. The molecule has 26 heavy (non-hydrogen) atoms. The van der Waals surface area contributed by atoms with Gasteiger partial charge in [-0.15, -0.1) is 0 Å². The van der Waals surface area contributed by atoms with Crippen LogP contribution in [-0.2, 0) is 4.79 Å². The van der Waals surface area contributed by atoms with E-state index in [1.165, 1.54) is 11.8 Å². The van der Waals surface area contributed by atoms with Crippen LogP contribution in [0.2, 0.25) is 0 Å². The Balaban J connectivity index is 2.05. The number of hydrogen-bond donors (Lipinski definition) is 1. The summed E-state index contributed by atoms with van der Waals surface area (Å²) >= 11 is 6.67. The van der Waals surface area contributed by atoms with Gasteiger partial charge in [-0.05, 0) is 26.0 Å². The van der Waals surface area contributed by atoms with E-state index in [0.717, 1.165) is 13.1 Å². The summed E-state index contributed by atoms with van der Waals surface area (Å²) in [6.07, 6.45) is 0. The molecule has 0 aliphatic carbocycles. The molecule has 2 rings (SSSR count). The van der Waals surface area contributed by atoms with Crippen molar-refractivity contribution in [1.82, 2.24) is 4.90 Å². The third kappa shape index (κ3) is 5.41. The van der Waals surface area contributed by atoms with Crippen LogP contribution in [0.3, 0.4) is 0 Å². The van der Waals surface area contributed by atoms with Crippen LogP contribution in [-0.4, -0.2) is 39.8 Å². The number of nitrogens with zero attached hydrogens (tertiary/aromatic N) is 1. The Morgan fingerprint density at radius 3 is 2.27 bits per heavy atom. The van der Waals surface area contributed by atoms with E-state index in [0.29, 0.717) is 21.1 Å². The van der Waals surface area contributed by atoms with Crippen molar-refractivity contribution in [1.29, 1.82) is 0 Å². The molecule has 1 N–H and O–H groups in total. The molecule has 0 bridgehead atoms. The van der Waals surface area contributed by atoms with E-state index in [-0.39, 0.29) is 17.4 Å².